The molecule has 0 saturated carbocycles. The fourth-order valence-corrected chi connectivity index (χ4v) is 3.17. The maximum atomic E-state index is 12.7. The minimum atomic E-state index is -0.564. The van der Waals surface area contributed by atoms with Crippen LogP contribution in [0.2, 0.25) is 0 Å². The monoisotopic (exact) mass is 376 g/mol. The Hall–Kier alpha value is -3.29. The van der Waals surface area contributed by atoms with Crippen LogP contribution in [0.4, 0.5) is 0 Å². The second-order valence-electron chi connectivity index (χ2n) is 5.48. The van der Waals surface area contributed by atoms with Gasteiger partial charge < -0.3 is 32.8 Å². The second kappa shape index (κ2) is 7.14. The molecule has 2 aromatic carbocycles. The standard InChI is InChI=1S/C19H20O8/c1-21-11-7-9-13(17(25-5)15(11)23-3)14-10(27-19(9)20)8-12(22-2)16(24-4)18(14)26-6/h7-8H,1-6H3. The Morgan fingerprint density at radius 1 is 0.630 bits per heavy atom. The molecule has 0 spiro atoms. The molecule has 3 aromatic rings. The Labute approximate surface area is 155 Å². The van der Waals surface area contributed by atoms with E-state index >= 15 is 0 Å². The first-order valence-corrected chi connectivity index (χ1v) is 7.94. The third-order valence-corrected chi connectivity index (χ3v) is 4.30. The maximum absolute atomic E-state index is 12.7. The van der Waals surface area contributed by atoms with E-state index in [-0.39, 0.29) is 11.0 Å². The number of hydrogen-bond acceptors (Lipinski definition) is 8. The fraction of sp³-hybridized carbons (Fsp3) is 0.316. The number of benzene rings is 2. The molecule has 8 nitrogen and oxygen atoms in total. The van der Waals surface area contributed by atoms with E-state index in [4.69, 9.17) is 32.8 Å². The number of fused-ring (bicyclic) bond motifs is 3. The molecule has 0 bridgehead atoms. The number of rotatable bonds is 6. The van der Waals surface area contributed by atoms with Gasteiger partial charge in [-0.2, -0.15) is 0 Å². The molecular formula is C19H20O8. The molecule has 1 aromatic heterocycles. The zero-order valence-corrected chi connectivity index (χ0v) is 15.9. The first kappa shape index (κ1) is 18.5. The van der Waals surface area contributed by atoms with Crippen LogP contribution < -0.4 is 34.0 Å². The first-order chi connectivity index (χ1) is 13.1. The molecule has 0 aliphatic carbocycles. The smallest absolute Gasteiger partial charge is 0.344 e. The highest BCUT2D eigenvalue weighted by Crippen LogP contribution is 2.50. The summed E-state index contributed by atoms with van der Waals surface area (Å²) in [7, 11) is 8.90. The van der Waals surface area contributed by atoms with Crippen LogP contribution in [0.15, 0.2) is 21.3 Å². The molecule has 144 valence electrons. The third kappa shape index (κ3) is 2.64. The van der Waals surface area contributed by atoms with Gasteiger partial charge in [-0.05, 0) is 6.07 Å². The summed E-state index contributed by atoms with van der Waals surface area (Å²) in [5.41, 5.74) is -0.307. The van der Waals surface area contributed by atoms with Crippen molar-refractivity contribution in [2.45, 2.75) is 0 Å². The Morgan fingerprint density at radius 2 is 1.11 bits per heavy atom. The summed E-state index contributed by atoms with van der Waals surface area (Å²) in [4.78, 5) is 12.7. The zero-order valence-electron chi connectivity index (χ0n) is 15.9. The molecule has 0 N–H and O–H groups in total. The van der Waals surface area contributed by atoms with Gasteiger partial charge in [0.25, 0.3) is 0 Å². The van der Waals surface area contributed by atoms with Crippen molar-refractivity contribution in [1.82, 2.24) is 0 Å². The molecule has 0 atom stereocenters. The van der Waals surface area contributed by atoms with Crippen molar-refractivity contribution in [2.75, 3.05) is 42.7 Å². The molecule has 0 fully saturated rings. The third-order valence-electron chi connectivity index (χ3n) is 4.30. The van der Waals surface area contributed by atoms with Gasteiger partial charge in [0.05, 0.1) is 58.8 Å². The number of methoxy groups -OCH3 is 6. The summed E-state index contributed by atoms with van der Waals surface area (Å²) < 4.78 is 38.2. The van der Waals surface area contributed by atoms with Crippen molar-refractivity contribution in [3.63, 3.8) is 0 Å². The van der Waals surface area contributed by atoms with E-state index in [9.17, 15) is 4.79 Å². The van der Waals surface area contributed by atoms with Gasteiger partial charge in [-0.1, -0.05) is 0 Å². The molecule has 27 heavy (non-hydrogen) atoms. The fourth-order valence-electron chi connectivity index (χ4n) is 3.17. The minimum Gasteiger partial charge on any atom is -0.493 e. The molecule has 0 unspecified atom stereocenters. The van der Waals surface area contributed by atoms with E-state index in [0.29, 0.717) is 45.3 Å². The summed E-state index contributed by atoms with van der Waals surface area (Å²) in [5, 5.41) is 1.20. The SMILES string of the molecule is COc1cc2oc(=O)c3cc(OC)c(OC)c(OC)c3c2c(OC)c1OC. The Kier molecular flexibility index (Phi) is 4.89. The summed E-state index contributed by atoms with van der Waals surface area (Å²) in [6, 6.07) is 3.10. The van der Waals surface area contributed by atoms with E-state index in [1.807, 2.05) is 0 Å². The molecule has 0 aliphatic heterocycles. The van der Waals surface area contributed by atoms with Gasteiger partial charge in [-0.3, -0.25) is 0 Å². The van der Waals surface area contributed by atoms with Gasteiger partial charge in [-0.15, -0.1) is 0 Å². The van der Waals surface area contributed by atoms with Gasteiger partial charge in [0.1, 0.15) is 5.58 Å². The Morgan fingerprint density at radius 3 is 1.59 bits per heavy atom. The molecule has 0 saturated heterocycles. The Bertz CT molecular complexity index is 1070. The van der Waals surface area contributed by atoms with Crippen molar-refractivity contribution in [1.29, 1.82) is 0 Å². The van der Waals surface area contributed by atoms with Crippen LogP contribution in [0.5, 0.6) is 34.5 Å². The van der Waals surface area contributed by atoms with Crippen LogP contribution >= 0.6 is 0 Å². The summed E-state index contributed by atoms with van der Waals surface area (Å²) in [6.45, 7) is 0. The lowest BCUT2D eigenvalue weighted by Gasteiger charge is -2.18. The summed E-state index contributed by atoms with van der Waals surface area (Å²) in [6.07, 6.45) is 0. The number of hydrogen-bond donors (Lipinski definition) is 0. The topological polar surface area (TPSA) is 85.6 Å². The van der Waals surface area contributed by atoms with E-state index in [2.05, 4.69) is 0 Å². The van der Waals surface area contributed by atoms with Crippen LogP contribution in [0.1, 0.15) is 0 Å². The van der Waals surface area contributed by atoms with Crippen LogP contribution in [0, 0.1) is 0 Å². The van der Waals surface area contributed by atoms with E-state index in [1.165, 1.54) is 48.7 Å². The van der Waals surface area contributed by atoms with Gasteiger partial charge in [0, 0.05) is 6.07 Å². The van der Waals surface area contributed by atoms with Crippen LogP contribution in [0.25, 0.3) is 21.7 Å². The molecular weight excluding hydrogens is 356 g/mol. The summed E-state index contributed by atoms with van der Waals surface area (Å²) >= 11 is 0. The maximum Gasteiger partial charge on any atom is 0.344 e. The normalized spacial score (nSPS) is 10.7. The van der Waals surface area contributed by atoms with Crippen molar-refractivity contribution in [3.05, 3.63) is 22.6 Å². The van der Waals surface area contributed by atoms with Crippen LogP contribution in [-0.2, 0) is 0 Å². The molecule has 3 rings (SSSR count). The number of ether oxygens (including phenoxy) is 6. The quantitative estimate of drug-likeness (QED) is 0.479. The van der Waals surface area contributed by atoms with Gasteiger partial charge in [0.2, 0.25) is 11.5 Å². The lowest BCUT2D eigenvalue weighted by Crippen LogP contribution is -2.05. The Balaban J connectivity index is 2.68. The van der Waals surface area contributed by atoms with E-state index in [0.717, 1.165) is 0 Å². The average Bonchev–Trinajstić information content (AvgIpc) is 2.70. The molecule has 0 aliphatic rings. The van der Waals surface area contributed by atoms with Gasteiger partial charge in [-0.25, -0.2) is 4.79 Å². The van der Waals surface area contributed by atoms with Gasteiger partial charge in [0.15, 0.2) is 23.0 Å². The molecule has 0 amide bonds. The van der Waals surface area contributed by atoms with Crippen molar-refractivity contribution >= 4 is 21.7 Å². The highest BCUT2D eigenvalue weighted by Gasteiger charge is 2.26. The predicted octanol–water partition coefficient (Wildman–Crippen LogP) is 3.00. The first-order valence-electron chi connectivity index (χ1n) is 7.94. The lowest BCUT2D eigenvalue weighted by atomic mass is 10.0. The van der Waals surface area contributed by atoms with Crippen molar-refractivity contribution < 1.29 is 32.8 Å². The zero-order chi connectivity index (χ0) is 19.7. The highest BCUT2D eigenvalue weighted by molar-refractivity contribution is 6.13. The molecule has 8 heteroatoms. The summed E-state index contributed by atoms with van der Waals surface area (Å²) in [5.74, 6) is 2.06. The minimum absolute atomic E-state index is 0.252. The van der Waals surface area contributed by atoms with E-state index < -0.39 is 5.63 Å². The largest absolute Gasteiger partial charge is 0.493 e. The van der Waals surface area contributed by atoms with Crippen LogP contribution in [0.3, 0.4) is 0 Å². The van der Waals surface area contributed by atoms with Crippen LogP contribution in [-0.4, -0.2) is 42.7 Å². The average molecular weight is 376 g/mol. The molecule has 1 heterocycles. The van der Waals surface area contributed by atoms with Crippen molar-refractivity contribution in [2.24, 2.45) is 0 Å². The van der Waals surface area contributed by atoms with Gasteiger partial charge >= 0.3 is 5.63 Å². The van der Waals surface area contributed by atoms with Crippen molar-refractivity contribution in [3.8, 4) is 34.5 Å². The lowest BCUT2D eigenvalue weighted by molar-refractivity contribution is 0.324. The second-order valence-corrected chi connectivity index (χ2v) is 5.48. The molecule has 0 radical (unpaired) electrons. The van der Waals surface area contributed by atoms with E-state index in [1.54, 1.807) is 6.07 Å². The highest BCUT2D eigenvalue weighted by atomic mass is 16.5. The predicted molar refractivity (Wildman–Crippen MR) is 99.3 cm³/mol.